The van der Waals surface area contributed by atoms with Gasteiger partial charge in [-0.1, -0.05) is 38.0 Å². The minimum absolute atomic E-state index is 0.208. The summed E-state index contributed by atoms with van der Waals surface area (Å²) in [5.74, 6) is 0. The first kappa shape index (κ1) is 11.0. The van der Waals surface area contributed by atoms with E-state index in [1.165, 1.54) is 4.90 Å². The van der Waals surface area contributed by atoms with Crippen molar-refractivity contribution in [3.63, 3.8) is 0 Å². The largest absolute Gasteiger partial charge is 0.120 e. The van der Waals surface area contributed by atoms with Gasteiger partial charge in [-0.2, -0.15) is 0 Å². The van der Waals surface area contributed by atoms with E-state index in [9.17, 15) is 0 Å². The summed E-state index contributed by atoms with van der Waals surface area (Å²) in [4.78, 5) is 3.92. The SMILES string of the molecule is CC(C)(C)Sc1ccc(N=[N+]=[N-])cc1. The van der Waals surface area contributed by atoms with Gasteiger partial charge in [0.05, 0.1) is 0 Å². The van der Waals surface area contributed by atoms with E-state index < -0.39 is 0 Å². The Balaban J connectivity index is 2.78. The quantitative estimate of drug-likeness (QED) is 0.304. The first-order valence-electron chi connectivity index (χ1n) is 4.35. The lowest BCUT2D eigenvalue weighted by Gasteiger charge is -2.17. The molecule has 0 spiro atoms. The topological polar surface area (TPSA) is 48.8 Å². The lowest BCUT2D eigenvalue weighted by molar-refractivity contribution is 0.803. The van der Waals surface area contributed by atoms with Crippen LogP contribution < -0.4 is 0 Å². The van der Waals surface area contributed by atoms with Gasteiger partial charge in [-0.15, -0.1) is 11.8 Å². The van der Waals surface area contributed by atoms with Gasteiger partial charge in [-0.3, -0.25) is 0 Å². The van der Waals surface area contributed by atoms with Crippen molar-refractivity contribution in [3.05, 3.63) is 34.7 Å². The van der Waals surface area contributed by atoms with Gasteiger partial charge in [-0.25, -0.2) is 0 Å². The third-order valence-electron chi connectivity index (χ3n) is 1.42. The number of hydrogen-bond acceptors (Lipinski definition) is 2. The molecular formula is C10H13N3S. The van der Waals surface area contributed by atoms with Crippen molar-refractivity contribution in [2.75, 3.05) is 0 Å². The molecule has 1 aromatic carbocycles. The molecule has 0 unspecified atom stereocenters. The summed E-state index contributed by atoms with van der Waals surface area (Å²) in [5.41, 5.74) is 8.89. The van der Waals surface area contributed by atoms with Gasteiger partial charge in [0.25, 0.3) is 0 Å². The van der Waals surface area contributed by atoms with Crippen molar-refractivity contribution >= 4 is 17.4 Å². The molecule has 74 valence electrons. The fourth-order valence-electron chi connectivity index (χ4n) is 0.986. The van der Waals surface area contributed by atoms with Crippen LogP contribution in [0, 0.1) is 0 Å². The van der Waals surface area contributed by atoms with Crippen molar-refractivity contribution in [1.82, 2.24) is 0 Å². The summed E-state index contributed by atoms with van der Waals surface area (Å²) < 4.78 is 0.208. The zero-order valence-electron chi connectivity index (χ0n) is 8.56. The van der Waals surface area contributed by atoms with Crippen LogP contribution >= 0.6 is 11.8 Å². The summed E-state index contributed by atoms with van der Waals surface area (Å²) in [5, 5.41) is 3.52. The van der Waals surface area contributed by atoms with Crippen molar-refractivity contribution < 1.29 is 0 Å². The van der Waals surface area contributed by atoms with Crippen molar-refractivity contribution in [2.24, 2.45) is 5.11 Å². The summed E-state index contributed by atoms with van der Waals surface area (Å²) in [6.07, 6.45) is 0. The van der Waals surface area contributed by atoms with Gasteiger partial charge >= 0.3 is 0 Å². The third kappa shape index (κ3) is 3.73. The van der Waals surface area contributed by atoms with Crippen molar-refractivity contribution in [3.8, 4) is 0 Å². The second kappa shape index (κ2) is 4.40. The van der Waals surface area contributed by atoms with E-state index in [1.807, 2.05) is 24.3 Å². The molecule has 0 aliphatic carbocycles. The maximum absolute atomic E-state index is 8.23. The highest BCUT2D eigenvalue weighted by Gasteiger charge is 2.11. The molecule has 4 heteroatoms. The molecule has 0 saturated carbocycles. The first-order valence-corrected chi connectivity index (χ1v) is 5.17. The monoisotopic (exact) mass is 207 g/mol. The minimum atomic E-state index is 0.208. The molecule has 0 N–H and O–H groups in total. The minimum Gasteiger partial charge on any atom is -0.120 e. The lowest BCUT2D eigenvalue weighted by atomic mass is 10.3. The number of nitrogens with zero attached hydrogens (tertiary/aromatic N) is 3. The number of rotatable bonds is 2. The van der Waals surface area contributed by atoms with E-state index in [4.69, 9.17) is 5.53 Å². The predicted molar refractivity (Wildman–Crippen MR) is 60.9 cm³/mol. The fraction of sp³-hybridized carbons (Fsp3) is 0.400. The molecule has 3 nitrogen and oxygen atoms in total. The summed E-state index contributed by atoms with van der Waals surface area (Å²) in [7, 11) is 0. The second-order valence-electron chi connectivity index (χ2n) is 3.90. The van der Waals surface area contributed by atoms with E-state index in [0.29, 0.717) is 5.69 Å². The summed E-state index contributed by atoms with van der Waals surface area (Å²) in [6, 6.07) is 7.60. The first-order chi connectivity index (χ1) is 6.51. The molecule has 14 heavy (non-hydrogen) atoms. The van der Waals surface area contributed by atoms with E-state index in [-0.39, 0.29) is 4.75 Å². The number of thioether (sulfide) groups is 1. The summed E-state index contributed by atoms with van der Waals surface area (Å²) in [6.45, 7) is 6.50. The highest BCUT2D eigenvalue weighted by molar-refractivity contribution is 8.00. The number of benzene rings is 1. The van der Waals surface area contributed by atoms with Crippen LogP contribution in [-0.2, 0) is 0 Å². The van der Waals surface area contributed by atoms with Crippen LogP contribution in [0.15, 0.2) is 34.3 Å². The third-order valence-corrected chi connectivity index (χ3v) is 2.54. The van der Waals surface area contributed by atoms with E-state index in [0.717, 1.165) is 0 Å². The number of hydrogen-bond donors (Lipinski definition) is 0. The summed E-state index contributed by atoms with van der Waals surface area (Å²) >= 11 is 1.79. The molecule has 0 amide bonds. The average Bonchev–Trinajstić information content (AvgIpc) is 2.06. The standard InChI is InChI=1S/C10H13N3S/c1-10(2,3)14-9-6-4-8(5-7-9)12-13-11/h4-7H,1-3H3. The molecule has 0 fully saturated rings. The van der Waals surface area contributed by atoms with Crippen LogP contribution in [0.1, 0.15) is 20.8 Å². The van der Waals surface area contributed by atoms with Crippen LogP contribution in [0.2, 0.25) is 0 Å². The Morgan fingerprint density at radius 2 is 1.79 bits per heavy atom. The van der Waals surface area contributed by atoms with Crippen LogP contribution in [0.5, 0.6) is 0 Å². The molecule has 0 atom stereocenters. The maximum Gasteiger partial charge on any atom is 0.0376 e. The second-order valence-corrected chi connectivity index (χ2v) is 5.80. The maximum atomic E-state index is 8.23. The van der Waals surface area contributed by atoms with Crippen LogP contribution in [0.4, 0.5) is 5.69 Å². The highest BCUT2D eigenvalue weighted by atomic mass is 32.2. The Kier molecular flexibility index (Phi) is 3.44. The predicted octanol–water partition coefficient (Wildman–Crippen LogP) is 4.52. The zero-order chi connectivity index (χ0) is 10.6. The van der Waals surface area contributed by atoms with Gasteiger partial charge in [0.2, 0.25) is 0 Å². The molecule has 1 aromatic rings. The molecule has 0 bridgehead atoms. The van der Waals surface area contributed by atoms with Gasteiger partial charge in [0.15, 0.2) is 0 Å². The molecule has 0 aliphatic rings. The number of azide groups is 1. The molecular weight excluding hydrogens is 194 g/mol. The Hall–Kier alpha value is -1.12. The highest BCUT2D eigenvalue weighted by Crippen LogP contribution is 2.32. The van der Waals surface area contributed by atoms with Gasteiger partial charge < -0.3 is 0 Å². The van der Waals surface area contributed by atoms with Gasteiger partial charge in [-0.05, 0) is 17.7 Å². The molecule has 0 aliphatic heterocycles. The zero-order valence-corrected chi connectivity index (χ0v) is 9.38. The van der Waals surface area contributed by atoms with Crippen molar-refractivity contribution in [1.29, 1.82) is 0 Å². The van der Waals surface area contributed by atoms with E-state index in [1.54, 1.807) is 11.8 Å². The molecule has 0 saturated heterocycles. The van der Waals surface area contributed by atoms with E-state index in [2.05, 4.69) is 30.8 Å². The van der Waals surface area contributed by atoms with Crippen molar-refractivity contribution in [2.45, 2.75) is 30.4 Å². The van der Waals surface area contributed by atoms with Gasteiger partial charge in [0.1, 0.15) is 0 Å². The Morgan fingerprint density at radius 3 is 2.21 bits per heavy atom. The Bertz CT molecular complexity index is 345. The normalized spacial score (nSPS) is 10.8. The average molecular weight is 207 g/mol. The van der Waals surface area contributed by atoms with Crippen LogP contribution in [0.25, 0.3) is 10.4 Å². The Labute approximate surface area is 88.1 Å². The fourth-order valence-corrected chi connectivity index (χ4v) is 1.97. The van der Waals surface area contributed by atoms with Crippen LogP contribution in [0.3, 0.4) is 0 Å². The van der Waals surface area contributed by atoms with Crippen LogP contribution in [-0.4, -0.2) is 4.75 Å². The molecule has 0 aromatic heterocycles. The molecule has 0 radical (unpaired) electrons. The molecule has 1 rings (SSSR count). The van der Waals surface area contributed by atoms with Gasteiger partial charge in [0, 0.05) is 20.2 Å². The smallest absolute Gasteiger partial charge is 0.0376 e. The van der Waals surface area contributed by atoms with E-state index >= 15 is 0 Å². The lowest BCUT2D eigenvalue weighted by Crippen LogP contribution is -2.06. The molecule has 0 heterocycles. The Morgan fingerprint density at radius 1 is 1.21 bits per heavy atom.